The van der Waals surface area contributed by atoms with Gasteiger partial charge in [0.25, 0.3) is 0 Å². The fourth-order valence-electron chi connectivity index (χ4n) is 4.07. The van der Waals surface area contributed by atoms with Gasteiger partial charge in [0.1, 0.15) is 5.82 Å². The summed E-state index contributed by atoms with van der Waals surface area (Å²) in [6.07, 6.45) is 2.44. The second-order valence-electron chi connectivity index (χ2n) is 7.83. The highest BCUT2D eigenvalue weighted by molar-refractivity contribution is 5.90. The first-order valence-electron chi connectivity index (χ1n) is 10.5. The monoisotopic (exact) mass is 410 g/mol. The third kappa shape index (κ3) is 3.79. The number of hydrogen-bond acceptors (Lipinski definition) is 7. The molecule has 9 heteroatoms. The second-order valence-corrected chi connectivity index (χ2v) is 7.83. The molecule has 1 N–H and O–H groups in total. The molecule has 0 saturated carbocycles. The molecule has 158 valence electrons. The van der Waals surface area contributed by atoms with Crippen LogP contribution in [-0.2, 0) is 0 Å². The maximum Gasteiger partial charge on any atom is 0.321 e. The van der Waals surface area contributed by atoms with Crippen molar-refractivity contribution in [1.82, 2.24) is 14.9 Å². The maximum atomic E-state index is 12.7. The molecular weight excluding hydrogens is 384 g/mol. The quantitative estimate of drug-likeness (QED) is 0.832. The maximum absolute atomic E-state index is 12.7. The van der Waals surface area contributed by atoms with Crippen molar-refractivity contribution in [3.8, 4) is 11.5 Å². The van der Waals surface area contributed by atoms with Gasteiger partial charge in [0.2, 0.25) is 12.7 Å². The van der Waals surface area contributed by atoms with Gasteiger partial charge in [-0.1, -0.05) is 0 Å². The minimum absolute atomic E-state index is 0.114. The molecule has 0 unspecified atom stereocenters. The topological polar surface area (TPSA) is 83.1 Å². The van der Waals surface area contributed by atoms with Gasteiger partial charge in [0, 0.05) is 62.8 Å². The Balaban J connectivity index is 1.20. The van der Waals surface area contributed by atoms with E-state index in [0.717, 1.165) is 30.5 Å². The van der Waals surface area contributed by atoms with E-state index in [0.29, 0.717) is 43.4 Å². The van der Waals surface area contributed by atoms with Gasteiger partial charge in [0.05, 0.1) is 0 Å². The van der Waals surface area contributed by atoms with Crippen molar-refractivity contribution in [1.29, 1.82) is 0 Å². The van der Waals surface area contributed by atoms with Crippen LogP contribution in [0.3, 0.4) is 0 Å². The summed E-state index contributed by atoms with van der Waals surface area (Å²) in [6.45, 7) is 7.00. The molecule has 4 heterocycles. The summed E-state index contributed by atoms with van der Waals surface area (Å²) in [6, 6.07) is 7.36. The van der Waals surface area contributed by atoms with Crippen molar-refractivity contribution in [2.75, 3.05) is 61.2 Å². The van der Waals surface area contributed by atoms with Gasteiger partial charge in [-0.2, -0.15) is 4.98 Å². The first-order chi connectivity index (χ1) is 14.7. The van der Waals surface area contributed by atoms with E-state index in [9.17, 15) is 4.79 Å². The second kappa shape index (κ2) is 7.89. The SMILES string of the molecule is Cc1cc(N2CCCC2)nc(N2CCN(C(=O)Nc3ccc4c(c3)OCO4)CC2)n1. The van der Waals surface area contributed by atoms with Crippen molar-refractivity contribution >= 4 is 23.5 Å². The van der Waals surface area contributed by atoms with Gasteiger partial charge >= 0.3 is 6.03 Å². The van der Waals surface area contributed by atoms with Crippen LogP contribution in [0, 0.1) is 6.92 Å². The van der Waals surface area contributed by atoms with E-state index in [2.05, 4.69) is 26.2 Å². The molecule has 0 atom stereocenters. The van der Waals surface area contributed by atoms with Crippen molar-refractivity contribution < 1.29 is 14.3 Å². The minimum atomic E-state index is -0.114. The molecule has 1 aromatic heterocycles. The predicted molar refractivity (Wildman–Crippen MR) is 114 cm³/mol. The normalized spacial score (nSPS) is 18.1. The average molecular weight is 410 g/mol. The fraction of sp³-hybridized carbons (Fsp3) is 0.476. The number of anilines is 3. The molecule has 30 heavy (non-hydrogen) atoms. The van der Waals surface area contributed by atoms with Crippen LogP contribution >= 0.6 is 0 Å². The number of carbonyl (C=O) groups excluding carboxylic acids is 1. The lowest BCUT2D eigenvalue weighted by Crippen LogP contribution is -2.50. The van der Waals surface area contributed by atoms with Gasteiger partial charge in [-0.05, 0) is 31.9 Å². The van der Waals surface area contributed by atoms with E-state index in [1.165, 1.54) is 12.8 Å². The Morgan fingerprint density at radius 1 is 0.933 bits per heavy atom. The number of carbonyl (C=O) groups is 1. The number of amides is 2. The molecule has 2 fully saturated rings. The van der Waals surface area contributed by atoms with E-state index in [1.54, 1.807) is 6.07 Å². The molecule has 0 bridgehead atoms. The van der Waals surface area contributed by atoms with Gasteiger partial charge in [0.15, 0.2) is 11.5 Å². The molecule has 3 aliphatic rings. The molecule has 0 spiro atoms. The lowest BCUT2D eigenvalue weighted by atomic mass is 10.3. The molecule has 2 saturated heterocycles. The largest absolute Gasteiger partial charge is 0.454 e. The van der Waals surface area contributed by atoms with Crippen LogP contribution in [0.25, 0.3) is 0 Å². The molecule has 0 radical (unpaired) electrons. The molecule has 2 amide bonds. The van der Waals surface area contributed by atoms with Crippen LogP contribution in [0.4, 0.5) is 22.2 Å². The van der Waals surface area contributed by atoms with Crippen LogP contribution in [0.1, 0.15) is 18.5 Å². The predicted octanol–water partition coefficient (Wildman–Crippen LogP) is 2.47. The molecule has 0 aliphatic carbocycles. The smallest absolute Gasteiger partial charge is 0.321 e. The van der Waals surface area contributed by atoms with Crippen LogP contribution in [0.2, 0.25) is 0 Å². The zero-order valence-corrected chi connectivity index (χ0v) is 17.1. The summed E-state index contributed by atoms with van der Waals surface area (Å²) < 4.78 is 10.7. The Bertz CT molecular complexity index is 938. The number of aryl methyl sites for hydroxylation is 1. The number of benzene rings is 1. The summed E-state index contributed by atoms with van der Waals surface area (Å²) in [5.41, 5.74) is 1.67. The highest BCUT2D eigenvalue weighted by Gasteiger charge is 2.24. The fourth-order valence-corrected chi connectivity index (χ4v) is 4.07. The third-order valence-corrected chi connectivity index (χ3v) is 5.73. The Hall–Kier alpha value is -3.23. The van der Waals surface area contributed by atoms with E-state index in [1.807, 2.05) is 24.0 Å². The van der Waals surface area contributed by atoms with Crippen LogP contribution in [0.5, 0.6) is 11.5 Å². The van der Waals surface area contributed by atoms with Gasteiger partial charge < -0.3 is 29.5 Å². The lowest BCUT2D eigenvalue weighted by Gasteiger charge is -2.35. The van der Waals surface area contributed by atoms with Gasteiger partial charge in [-0.15, -0.1) is 0 Å². The molecule has 3 aliphatic heterocycles. The molecular formula is C21H26N6O3. The van der Waals surface area contributed by atoms with Gasteiger partial charge in [-0.25, -0.2) is 9.78 Å². The Labute approximate surface area is 175 Å². The standard InChI is InChI=1S/C21H26N6O3/c1-15-12-19(25-6-2-3-7-25)24-20(22-15)26-8-10-27(11-9-26)21(28)23-16-4-5-17-18(13-16)30-14-29-17/h4-5,12-13H,2-3,6-11,14H2,1H3,(H,23,28). The number of hydrogen-bond donors (Lipinski definition) is 1. The highest BCUT2D eigenvalue weighted by Crippen LogP contribution is 2.34. The number of aromatic nitrogens is 2. The van der Waals surface area contributed by atoms with Crippen molar-refractivity contribution in [2.24, 2.45) is 0 Å². The number of nitrogens with zero attached hydrogens (tertiary/aromatic N) is 5. The molecule has 5 rings (SSSR count). The number of rotatable bonds is 3. The van der Waals surface area contributed by atoms with E-state index in [4.69, 9.17) is 14.5 Å². The van der Waals surface area contributed by atoms with E-state index >= 15 is 0 Å². The first kappa shape index (κ1) is 18.8. The number of nitrogens with one attached hydrogen (secondary N) is 1. The lowest BCUT2D eigenvalue weighted by molar-refractivity contribution is 0.174. The first-order valence-corrected chi connectivity index (χ1v) is 10.5. The average Bonchev–Trinajstić information content (AvgIpc) is 3.45. The molecule has 1 aromatic carbocycles. The Morgan fingerprint density at radius 2 is 1.70 bits per heavy atom. The highest BCUT2D eigenvalue weighted by atomic mass is 16.7. The van der Waals surface area contributed by atoms with Crippen LogP contribution in [0.15, 0.2) is 24.3 Å². The van der Waals surface area contributed by atoms with Crippen LogP contribution < -0.4 is 24.6 Å². The number of urea groups is 1. The zero-order chi connectivity index (χ0) is 20.5. The number of ether oxygens (including phenoxy) is 2. The van der Waals surface area contributed by atoms with E-state index in [-0.39, 0.29) is 12.8 Å². The minimum Gasteiger partial charge on any atom is -0.454 e. The van der Waals surface area contributed by atoms with Crippen LogP contribution in [-0.4, -0.2) is 67.0 Å². The van der Waals surface area contributed by atoms with E-state index < -0.39 is 0 Å². The molecule has 9 nitrogen and oxygen atoms in total. The summed E-state index contributed by atoms with van der Waals surface area (Å²) in [5.74, 6) is 3.13. The summed E-state index contributed by atoms with van der Waals surface area (Å²) >= 11 is 0. The van der Waals surface area contributed by atoms with Crippen molar-refractivity contribution in [3.63, 3.8) is 0 Å². The molecule has 2 aromatic rings. The Morgan fingerprint density at radius 3 is 2.50 bits per heavy atom. The van der Waals surface area contributed by atoms with Crippen molar-refractivity contribution in [3.05, 3.63) is 30.0 Å². The zero-order valence-electron chi connectivity index (χ0n) is 17.1. The summed E-state index contributed by atoms with van der Waals surface area (Å²) in [4.78, 5) is 28.4. The third-order valence-electron chi connectivity index (χ3n) is 5.73. The number of fused-ring (bicyclic) bond motifs is 1. The summed E-state index contributed by atoms with van der Waals surface area (Å²) in [7, 11) is 0. The summed E-state index contributed by atoms with van der Waals surface area (Å²) in [5, 5.41) is 2.95. The van der Waals surface area contributed by atoms with Gasteiger partial charge in [-0.3, -0.25) is 0 Å². The Kier molecular flexibility index (Phi) is 4.94. The number of piperazine rings is 1. The van der Waals surface area contributed by atoms with Crippen molar-refractivity contribution in [2.45, 2.75) is 19.8 Å².